The Balaban J connectivity index is 1.64. The molecule has 1 N–H and O–H groups in total. The molecule has 0 atom stereocenters. The number of carboxylic acid groups (broad SMARTS) is 1. The molecule has 2 aromatic carbocycles. The van der Waals surface area contributed by atoms with Gasteiger partial charge in [-0.25, -0.2) is 0 Å². The maximum atomic E-state index is 10.6. The number of thioether (sulfide) groups is 1. The summed E-state index contributed by atoms with van der Waals surface area (Å²) in [6, 6.07) is 16.4. The summed E-state index contributed by atoms with van der Waals surface area (Å²) >= 11 is 1.61. The number of carboxylic acids is 1. The third kappa shape index (κ3) is 5.63. The minimum absolute atomic E-state index is 0.210. The molecule has 0 aliphatic heterocycles. The highest BCUT2D eigenvalue weighted by Crippen LogP contribution is 2.30. The van der Waals surface area contributed by atoms with Crippen molar-refractivity contribution in [3.05, 3.63) is 59.9 Å². The van der Waals surface area contributed by atoms with Crippen LogP contribution in [0.3, 0.4) is 0 Å². The quantitative estimate of drug-likeness (QED) is 0.336. The summed E-state index contributed by atoms with van der Waals surface area (Å²) in [5.41, 5.74) is 3.42. The van der Waals surface area contributed by atoms with Crippen LogP contribution < -0.4 is 4.74 Å². The van der Waals surface area contributed by atoms with Crippen LogP contribution in [0.25, 0.3) is 11.1 Å². The molecule has 0 radical (unpaired) electrons. The van der Waals surface area contributed by atoms with E-state index in [1.807, 2.05) is 30.3 Å². The number of hydrogen-bond acceptors (Lipinski definition) is 5. The fourth-order valence-electron chi connectivity index (χ4n) is 3.24. The summed E-state index contributed by atoms with van der Waals surface area (Å²) in [6.45, 7) is 5.23. The molecule has 0 amide bonds. The van der Waals surface area contributed by atoms with E-state index in [2.05, 4.69) is 46.8 Å². The van der Waals surface area contributed by atoms with Crippen LogP contribution >= 0.6 is 11.8 Å². The van der Waals surface area contributed by atoms with Crippen LogP contribution in [0.4, 0.5) is 0 Å². The Morgan fingerprint density at radius 1 is 1.10 bits per heavy atom. The largest absolute Gasteiger partial charge is 0.485 e. The average Bonchev–Trinajstić information content (AvgIpc) is 3.15. The predicted octanol–water partition coefficient (Wildman–Crippen LogP) is 5.20. The van der Waals surface area contributed by atoms with E-state index in [4.69, 9.17) is 9.84 Å². The van der Waals surface area contributed by atoms with Gasteiger partial charge in [0.05, 0.1) is 0 Å². The molecule has 1 aromatic heterocycles. The van der Waals surface area contributed by atoms with Crippen LogP contribution in [0.15, 0.2) is 53.7 Å². The minimum Gasteiger partial charge on any atom is -0.485 e. The number of aliphatic carboxylic acids is 1. The van der Waals surface area contributed by atoms with Crippen LogP contribution in [0.5, 0.6) is 5.75 Å². The zero-order chi connectivity index (χ0) is 21.3. The van der Waals surface area contributed by atoms with Crippen LogP contribution in [-0.2, 0) is 17.9 Å². The summed E-state index contributed by atoms with van der Waals surface area (Å²) in [6.07, 6.45) is 1.72. The SMILES string of the molecule is CCn1c(COc2cccc(-c3ccccc3)c2C)nnc1SCCCCC(=O)O. The Bertz CT molecular complexity index is 973. The van der Waals surface area contributed by atoms with Gasteiger partial charge in [-0.3, -0.25) is 4.79 Å². The van der Waals surface area contributed by atoms with Gasteiger partial charge in [-0.05, 0) is 49.4 Å². The molecule has 0 saturated carbocycles. The number of nitrogens with zero attached hydrogens (tertiary/aromatic N) is 3. The molecule has 158 valence electrons. The predicted molar refractivity (Wildman–Crippen MR) is 119 cm³/mol. The maximum Gasteiger partial charge on any atom is 0.303 e. The van der Waals surface area contributed by atoms with E-state index in [1.54, 1.807) is 11.8 Å². The standard InChI is InChI=1S/C23H27N3O3S/c1-3-26-21(24-25-23(26)30-15-8-7-14-22(27)28)16-29-20-13-9-12-19(17(20)2)18-10-5-4-6-11-18/h4-6,9-13H,3,7-8,14-16H2,1-2H3,(H,27,28). The zero-order valence-electron chi connectivity index (χ0n) is 17.4. The van der Waals surface area contributed by atoms with Gasteiger partial charge in [-0.1, -0.05) is 54.2 Å². The van der Waals surface area contributed by atoms with Crippen LogP contribution in [-0.4, -0.2) is 31.6 Å². The first-order chi connectivity index (χ1) is 14.6. The van der Waals surface area contributed by atoms with E-state index in [9.17, 15) is 4.79 Å². The van der Waals surface area contributed by atoms with Gasteiger partial charge in [0, 0.05) is 18.7 Å². The molecule has 0 aliphatic rings. The molecule has 0 aliphatic carbocycles. The highest BCUT2D eigenvalue weighted by atomic mass is 32.2. The van der Waals surface area contributed by atoms with Crippen molar-refractivity contribution in [3.8, 4) is 16.9 Å². The van der Waals surface area contributed by atoms with Crippen LogP contribution in [0, 0.1) is 6.92 Å². The van der Waals surface area contributed by atoms with Gasteiger partial charge in [-0.2, -0.15) is 0 Å². The fraction of sp³-hybridized carbons (Fsp3) is 0.348. The van der Waals surface area contributed by atoms with Crippen molar-refractivity contribution >= 4 is 17.7 Å². The summed E-state index contributed by atoms with van der Waals surface area (Å²) in [5.74, 6) is 1.70. The lowest BCUT2D eigenvalue weighted by Gasteiger charge is -2.13. The van der Waals surface area contributed by atoms with Crippen LogP contribution in [0.1, 0.15) is 37.6 Å². The van der Waals surface area contributed by atoms with E-state index < -0.39 is 5.97 Å². The topological polar surface area (TPSA) is 77.2 Å². The van der Waals surface area contributed by atoms with Gasteiger partial charge in [-0.15, -0.1) is 10.2 Å². The van der Waals surface area contributed by atoms with E-state index in [1.165, 1.54) is 5.56 Å². The van der Waals surface area contributed by atoms with Crippen molar-refractivity contribution in [2.45, 2.75) is 51.4 Å². The summed E-state index contributed by atoms with van der Waals surface area (Å²) < 4.78 is 8.17. The fourth-order valence-corrected chi connectivity index (χ4v) is 4.26. The number of rotatable bonds is 11. The Kier molecular flexibility index (Phi) is 7.90. The van der Waals surface area contributed by atoms with Gasteiger partial charge in [0.2, 0.25) is 0 Å². The monoisotopic (exact) mass is 425 g/mol. The van der Waals surface area contributed by atoms with Crippen LogP contribution in [0.2, 0.25) is 0 Å². The van der Waals surface area contributed by atoms with E-state index in [0.29, 0.717) is 13.0 Å². The number of benzene rings is 2. The summed E-state index contributed by atoms with van der Waals surface area (Å²) in [4.78, 5) is 10.6. The lowest BCUT2D eigenvalue weighted by molar-refractivity contribution is -0.137. The third-order valence-corrected chi connectivity index (χ3v) is 5.90. The van der Waals surface area contributed by atoms with Crippen molar-refractivity contribution in [1.82, 2.24) is 14.8 Å². The lowest BCUT2D eigenvalue weighted by atomic mass is 10.00. The normalized spacial score (nSPS) is 10.9. The molecule has 3 aromatic rings. The third-order valence-electron chi connectivity index (χ3n) is 4.85. The summed E-state index contributed by atoms with van der Waals surface area (Å²) in [5, 5.41) is 18.2. The Morgan fingerprint density at radius 3 is 2.63 bits per heavy atom. The average molecular weight is 426 g/mol. The molecule has 6 nitrogen and oxygen atoms in total. The second-order valence-electron chi connectivity index (χ2n) is 6.93. The van der Waals surface area contributed by atoms with E-state index in [-0.39, 0.29) is 6.42 Å². The molecule has 3 rings (SSSR count). The number of hydrogen-bond donors (Lipinski definition) is 1. The van der Waals surface area contributed by atoms with E-state index in [0.717, 1.165) is 46.6 Å². The molecule has 0 fully saturated rings. The molecule has 0 bridgehead atoms. The molecule has 0 spiro atoms. The van der Waals surface area contributed by atoms with Gasteiger partial charge >= 0.3 is 5.97 Å². The molecule has 30 heavy (non-hydrogen) atoms. The molecular weight excluding hydrogens is 398 g/mol. The number of unbranched alkanes of at least 4 members (excludes halogenated alkanes) is 1. The van der Waals surface area contributed by atoms with Crippen molar-refractivity contribution in [2.24, 2.45) is 0 Å². The zero-order valence-corrected chi connectivity index (χ0v) is 18.2. The number of aromatic nitrogens is 3. The minimum atomic E-state index is -0.747. The smallest absolute Gasteiger partial charge is 0.303 e. The Hall–Kier alpha value is -2.80. The second kappa shape index (κ2) is 10.8. The van der Waals surface area contributed by atoms with Gasteiger partial charge < -0.3 is 14.4 Å². The first-order valence-electron chi connectivity index (χ1n) is 10.1. The Morgan fingerprint density at radius 2 is 1.90 bits per heavy atom. The van der Waals surface area contributed by atoms with Gasteiger partial charge in [0.1, 0.15) is 12.4 Å². The second-order valence-corrected chi connectivity index (χ2v) is 7.99. The molecular formula is C23H27N3O3S. The highest BCUT2D eigenvalue weighted by molar-refractivity contribution is 7.99. The molecule has 1 heterocycles. The number of carbonyl (C=O) groups is 1. The first-order valence-corrected chi connectivity index (χ1v) is 11.1. The maximum absolute atomic E-state index is 10.6. The molecule has 0 saturated heterocycles. The van der Waals surface area contributed by atoms with Crippen molar-refractivity contribution in [1.29, 1.82) is 0 Å². The molecule has 7 heteroatoms. The highest BCUT2D eigenvalue weighted by Gasteiger charge is 2.13. The van der Waals surface area contributed by atoms with Crippen molar-refractivity contribution in [3.63, 3.8) is 0 Å². The number of ether oxygens (including phenoxy) is 1. The Labute approximate surface area is 181 Å². The van der Waals surface area contributed by atoms with Crippen molar-refractivity contribution < 1.29 is 14.6 Å². The van der Waals surface area contributed by atoms with E-state index >= 15 is 0 Å². The first kappa shape index (κ1) is 21.9. The van der Waals surface area contributed by atoms with Crippen molar-refractivity contribution in [2.75, 3.05) is 5.75 Å². The van der Waals surface area contributed by atoms with Gasteiger partial charge in [0.15, 0.2) is 11.0 Å². The lowest BCUT2D eigenvalue weighted by Crippen LogP contribution is -2.07. The summed E-state index contributed by atoms with van der Waals surface area (Å²) in [7, 11) is 0. The molecule has 0 unspecified atom stereocenters. The van der Waals surface area contributed by atoms with Gasteiger partial charge in [0.25, 0.3) is 0 Å².